The van der Waals surface area contributed by atoms with Gasteiger partial charge in [0.1, 0.15) is 23.0 Å². The molecular weight excluding hydrogens is 552 g/mol. The summed E-state index contributed by atoms with van der Waals surface area (Å²) in [6.07, 6.45) is 1.49. The predicted octanol–water partition coefficient (Wildman–Crippen LogP) is 5.59. The van der Waals surface area contributed by atoms with Crippen LogP contribution in [0, 0.1) is 10.1 Å². The van der Waals surface area contributed by atoms with Crippen molar-refractivity contribution in [1.29, 1.82) is 0 Å². The van der Waals surface area contributed by atoms with E-state index < -0.39 is 10.9 Å². The largest absolute Gasteiger partial charge is 0.497 e. The Hall–Kier alpha value is -5.04. The van der Waals surface area contributed by atoms with Gasteiger partial charge in [-0.3, -0.25) is 15.2 Å². The minimum atomic E-state index is -1.15. The molecule has 0 spiro atoms. The number of nitrogens with zero attached hydrogens (tertiary/aromatic N) is 3. The van der Waals surface area contributed by atoms with Crippen molar-refractivity contribution in [3.63, 3.8) is 0 Å². The number of nitrogens with one attached hydrogen (secondary N) is 1. The maximum atomic E-state index is 12.1. The van der Waals surface area contributed by atoms with Crippen molar-refractivity contribution in [1.82, 2.24) is 15.2 Å². The van der Waals surface area contributed by atoms with E-state index in [0.717, 1.165) is 17.3 Å². The molecule has 0 saturated carbocycles. The first kappa shape index (κ1) is 29.0. The zero-order chi connectivity index (χ0) is 29.4. The lowest BCUT2D eigenvalue weighted by atomic mass is 10.2. The monoisotopic (exact) mass is 578 g/mol. The van der Waals surface area contributed by atoms with Crippen molar-refractivity contribution >= 4 is 29.5 Å². The zero-order valence-electron chi connectivity index (χ0n) is 22.3. The van der Waals surface area contributed by atoms with Gasteiger partial charge in [-0.15, -0.1) is 5.10 Å². The molecule has 0 bridgehead atoms. The number of hydrogen-bond acceptors (Lipinski definition) is 10. The SMILES string of the molecule is CCOc1cc(/C=C(\Sc2n[nH]c(-c3cc(OC)cc(OC)c3)n2)C(=O)O)ccc1OCc1ccc([N+](=O)[O-])cc1. The Morgan fingerprint density at radius 3 is 2.34 bits per heavy atom. The summed E-state index contributed by atoms with van der Waals surface area (Å²) < 4.78 is 22.2. The van der Waals surface area contributed by atoms with Crippen LogP contribution in [0.15, 0.2) is 70.7 Å². The Morgan fingerprint density at radius 1 is 1.02 bits per heavy atom. The van der Waals surface area contributed by atoms with Crippen molar-refractivity contribution in [2.75, 3.05) is 20.8 Å². The zero-order valence-corrected chi connectivity index (χ0v) is 23.1. The minimum Gasteiger partial charge on any atom is -0.497 e. The molecule has 0 radical (unpaired) electrons. The third-order valence-electron chi connectivity index (χ3n) is 5.61. The lowest BCUT2D eigenvalue weighted by Crippen LogP contribution is -2.01. The second kappa shape index (κ2) is 13.3. The number of carbonyl (C=O) groups is 1. The molecule has 2 N–H and O–H groups in total. The fraction of sp³-hybridized carbons (Fsp3) is 0.179. The first-order valence-corrected chi connectivity index (χ1v) is 13.0. The van der Waals surface area contributed by atoms with Gasteiger partial charge >= 0.3 is 5.97 Å². The number of methoxy groups -OCH3 is 2. The summed E-state index contributed by atoms with van der Waals surface area (Å²) in [4.78, 5) is 26.9. The number of nitro groups is 1. The summed E-state index contributed by atoms with van der Waals surface area (Å²) in [6.45, 7) is 2.34. The molecule has 0 fully saturated rings. The topological polar surface area (TPSA) is 159 Å². The molecule has 0 amide bonds. The second-order valence-electron chi connectivity index (χ2n) is 8.34. The van der Waals surface area contributed by atoms with Gasteiger partial charge < -0.3 is 24.1 Å². The first-order valence-electron chi connectivity index (χ1n) is 12.2. The van der Waals surface area contributed by atoms with Crippen LogP contribution < -0.4 is 18.9 Å². The van der Waals surface area contributed by atoms with Crippen LogP contribution in [0.2, 0.25) is 0 Å². The van der Waals surface area contributed by atoms with Gasteiger partial charge in [0.2, 0.25) is 5.16 Å². The minimum absolute atomic E-state index is 0.00575. The molecule has 0 atom stereocenters. The molecule has 4 aromatic rings. The van der Waals surface area contributed by atoms with Crippen molar-refractivity contribution in [3.8, 4) is 34.4 Å². The Morgan fingerprint density at radius 2 is 1.73 bits per heavy atom. The number of non-ortho nitro benzene ring substituents is 1. The third kappa shape index (κ3) is 7.54. The predicted molar refractivity (Wildman–Crippen MR) is 151 cm³/mol. The van der Waals surface area contributed by atoms with E-state index in [1.54, 1.807) is 62.8 Å². The number of aromatic amines is 1. The van der Waals surface area contributed by atoms with E-state index in [4.69, 9.17) is 18.9 Å². The highest BCUT2D eigenvalue weighted by Crippen LogP contribution is 2.34. The van der Waals surface area contributed by atoms with E-state index in [1.807, 2.05) is 6.92 Å². The van der Waals surface area contributed by atoms with E-state index in [1.165, 1.54) is 18.2 Å². The number of nitro benzene ring substituents is 1. The van der Waals surface area contributed by atoms with Gasteiger partial charge in [-0.1, -0.05) is 6.07 Å². The van der Waals surface area contributed by atoms with Crippen molar-refractivity contribution in [2.24, 2.45) is 0 Å². The fourth-order valence-corrected chi connectivity index (χ4v) is 4.33. The molecule has 3 aromatic carbocycles. The summed E-state index contributed by atoms with van der Waals surface area (Å²) in [5.74, 6) is 1.27. The molecule has 12 nitrogen and oxygen atoms in total. The molecule has 0 saturated heterocycles. The van der Waals surface area contributed by atoms with Crippen LogP contribution in [0.5, 0.6) is 23.0 Å². The molecule has 41 heavy (non-hydrogen) atoms. The summed E-state index contributed by atoms with van der Waals surface area (Å²) >= 11 is 0.887. The number of benzene rings is 3. The maximum absolute atomic E-state index is 12.1. The first-order chi connectivity index (χ1) is 19.8. The van der Waals surface area contributed by atoms with Crippen LogP contribution in [0.1, 0.15) is 18.1 Å². The lowest BCUT2D eigenvalue weighted by molar-refractivity contribution is -0.384. The summed E-state index contributed by atoms with van der Waals surface area (Å²) in [6, 6.07) is 16.3. The van der Waals surface area contributed by atoms with Crippen molar-refractivity contribution in [2.45, 2.75) is 18.7 Å². The van der Waals surface area contributed by atoms with Crippen LogP contribution in [0.4, 0.5) is 5.69 Å². The standard InChI is InChI=1S/C28H26N4O8S/c1-4-39-24-11-18(7-10-23(24)40-16-17-5-8-20(9-6-17)32(35)36)12-25(27(33)34)41-28-29-26(30-31-28)19-13-21(37-2)15-22(14-19)38-3/h5-15H,4,16H2,1-3H3,(H,33,34)(H,29,30,31)/b25-12-. The summed E-state index contributed by atoms with van der Waals surface area (Å²) in [5, 5.41) is 27.9. The Balaban J connectivity index is 1.52. The van der Waals surface area contributed by atoms with Gasteiger partial charge in [0.05, 0.1) is 25.7 Å². The molecule has 4 rings (SSSR count). The summed E-state index contributed by atoms with van der Waals surface area (Å²) in [5.41, 5.74) is 1.96. The number of rotatable bonds is 13. The van der Waals surface area contributed by atoms with Gasteiger partial charge in [0.25, 0.3) is 5.69 Å². The number of ether oxygens (including phenoxy) is 4. The number of hydrogen-bond donors (Lipinski definition) is 2. The lowest BCUT2D eigenvalue weighted by Gasteiger charge is -2.13. The average Bonchev–Trinajstić information content (AvgIpc) is 3.45. The summed E-state index contributed by atoms with van der Waals surface area (Å²) in [7, 11) is 3.08. The fourth-order valence-electron chi connectivity index (χ4n) is 3.63. The highest BCUT2D eigenvalue weighted by atomic mass is 32.2. The maximum Gasteiger partial charge on any atom is 0.342 e. The number of aromatic nitrogens is 3. The molecule has 0 aliphatic rings. The van der Waals surface area contributed by atoms with E-state index in [9.17, 15) is 20.0 Å². The van der Waals surface area contributed by atoms with Crippen molar-refractivity contribution < 1.29 is 33.8 Å². The molecular formula is C28H26N4O8S. The number of carboxylic acids is 1. The normalized spacial score (nSPS) is 11.1. The number of H-pyrrole nitrogens is 1. The molecule has 212 valence electrons. The highest BCUT2D eigenvalue weighted by molar-refractivity contribution is 8.04. The van der Waals surface area contributed by atoms with E-state index >= 15 is 0 Å². The molecule has 1 heterocycles. The molecule has 1 aromatic heterocycles. The van der Waals surface area contributed by atoms with Gasteiger partial charge in [0, 0.05) is 23.8 Å². The molecule has 0 unspecified atom stereocenters. The van der Waals surface area contributed by atoms with Gasteiger partial charge in [0.15, 0.2) is 17.3 Å². The van der Waals surface area contributed by atoms with Crippen molar-refractivity contribution in [3.05, 3.63) is 86.8 Å². The average molecular weight is 579 g/mol. The van der Waals surface area contributed by atoms with Crippen LogP contribution in [0.3, 0.4) is 0 Å². The van der Waals surface area contributed by atoms with E-state index in [-0.39, 0.29) is 22.4 Å². The molecule has 13 heteroatoms. The van der Waals surface area contributed by atoms with Crippen LogP contribution >= 0.6 is 11.8 Å². The van der Waals surface area contributed by atoms with Gasteiger partial charge in [-0.2, -0.15) is 0 Å². The third-order valence-corrected chi connectivity index (χ3v) is 6.49. The quantitative estimate of drug-likeness (QED) is 0.0881. The van der Waals surface area contributed by atoms with Gasteiger partial charge in [-0.05, 0) is 72.3 Å². The Labute approximate surface area is 239 Å². The van der Waals surface area contributed by atoms with Crippen LogP contribution in [0.25, 0.3) is 17.5 Å². The number of aliphatic carboxylic acids is 1. The molecule has 0 aliphatic heterocycles. The number of thioether (sulfide) groups is 1. The van der Waals surface area contributed by atoms with Crippen LogP contribution in [-0.2, 0) is 11.4 Å². The Kier molecular flexibility index (Phi) is 9.43. The number of carboxylic acid groups (broad SMARTS) is 1. The highest BCUT2D eigenvalue weighted by Gasteiger charge is 2.16. The van der Waals surface area contributed by atoms with Crippen LogP contribution in [-0.4, -0.2) is 52.0 Å². The van der Waals surface area contributed by atoms with E-state index in [2.05, 4.69) is 15.2 Å². The molecule has 0 aliphatic carbocycles. The Bertz CT molecular complexity index is 1550. The van der Waals surface area contributed by atoms with E-state index in [0.29, 0.717) is 46.6 Å². The van der Waals surface area contributed by atoms with Gasteiger partial charge in [-0.25, -0.2) is 9.78 Å². The smallest absolute Gasteiger partial charge is 0.342 e. The second-order valence-corrected chi connectivity index (χ2v) is 9.34.